The number of likely N-dealkylation sites (tertiary alicyclic amines) is 1. The number of aliphatic hydroxyl groups is 1. The number of carbonyl (C=O) groups is 1. The van der Waals surface area contributed by atoms with E-state index < -0.39 is 0 Å². The largest absolute Gasteiger partial charge is 0.389 e. The molecule has 0 spiro atoms. The predicted octanol–water partition coefficient (Wildman–Crippen LogP) is 0.359. The van der Waals surface area contributed by atoms with E-state index in [-0.39, 0.29) is 17.4 Å². The number of aliphatic hydroxyl groups excluding tert-OH is 1. The van der Waals surface area contributed by atoms with Crippen molar-refractivity contribution in [3.8, 4) is 0 Å². The lowest BCUT2D eigenvalue weighted by Crippen LogP contribution is -2.59. The highest BCUT2D eigenvalue weighted by Gasteiger charge is 2.44. The normalized spacial score (nSPS) is 25.2. The third-order valence-electron chi connectivity index (χ3n) is 3.89. The van der Waals surface area contributed by atoms with Crippen LogP contribution in [0.1, 0.15) is 32.6 Å². The Morgan fingerprint density at radius 1 is 1.44 bits per heavy atom. The minimum Gasteiger partial charge on any atom is -0.389 e. The van der Waals surface area contributed by atoms with Gasteiger partial charge in [-0.2, -0.15) is 0 Å². The van der Waals surface area contributed by atoms with Crippen LogP contribution in [0.3, 0.4) is 0 Å². The molecule has 2 fully saturated rings. The van der Waals surface area contributed by atoms with Gasteiger partial charge in [0.25, 0.3) is 0 Å². The van der Waals surface area contributed by atoms with E-state index in [1.165, 1.54) is 0 Å². The van der Waals surface area contributed by atoms with Crippen molar-refractivity contribution in [2.75, 3.05) is 26.2 Å². The second-order valence-electron chi connectivity index (χ2n) is 5.14. The molecule has 2 heterocycles. The van der Waals surface area contributed by atoms with Gasteiger partial charge in [0, 0.05) is 13.1 Å². The molecule has 0 radical (unpaired) electrons. The summed E-state index contributed by atoms with van der Waals surface area (Å²) in [5, 5.41) is 12.6. The van der Waals surface area contributed by atoms with E-state index in [1.54, 1.807) is 0 Å². The monoisotopic (exact) mass is 226 g/mol. The molecule has 16 heavy (non-hydrogen) atoms. The zero-order valence-electron chi connectivity index (χ0n) is 10.0. The van der Waals surface area contributed by atoms with Crippen molar-refractivity contribution in [3.05, 3.63) is 0 Å². The third-order valence-corrected chi connectivity index (χ3v) is 3.89. The van der Waals surface area contributed by atoms with E-state index >= 15 is 0 Å². The maximum Gasteiger partial charge on any atom is 0.229 e. The minimum atomic E-state index is -0.288. The first kappa shape index (κ1) is 11.9. The molecule has 92 valence electrons. The van der Waals surface area contributed by atoms with Crippen LogP contribution in [0.4, 0.5) is 0 Å². The van der Waals surface area contributed by atoms with Gasteiger partial charge in [0.1, 0.15) is 0 Å². The maximum atomic E-state index is 12.4. The molecular weight excluding hydrogens is 204 g/mol. The lowest BCUT2D eigenvalue weighted by Gasteiger charge is -2.45. The van der Waals surface area contributed by atoms with Gasteiger partial charge in [-0.05, 0) is 32.4 Å². The summed E-state index contributed by atoms with van der Waals surface area (Å²) in [5.74, 6) is 0.279. The lowest BCUT2D eigenvalue weighted by atomic mass is 9.73. The number of nitrogens with one attached hydrogen (secondary N) is 1. The Labute approximate surface area is 97.0 Å². The molecule has 4 nitrogen and oxygen atoms in total. The molecule has 0 aliphatic carbocycles. The summed E-state index contributed by atoms with van der Waals surface area (Å²) in [6, 6.07) is 0. The van der Waals surface area contributed by atoms with E-state index in [1.807, 2.05) is 4.90 Å². The molecule has 0 unspecified atom stereocenters. The fraction of sp³-hybridized carbons (Fsp3) is 0.917. The lowest BCUT2D eigenvalue weighted by molar-refractivity contribution is -0.154. The Balaban J connectivity index is 2.02. The number of β-amino-alcohol motifs (C(OH)–C–C–N with tert-alkyl or cyclic N) is 1. The van der Waals surface area contributed by atoms with Crippen molar-refractivity contribution in [3.63, 3.8) is 0 Å². The van der Waals surface area contributed by atoms with Crippen LogP contribution in [0.15, 0.2) is 0 Å². The first-order valence-corrected chi connectivity index (χ1v) is 6.36. The van der Waals surface area contributed by atoms with E-state index in [4.69, 9.17) is 0 Å². The summed E-state index contributed by atoms with van der Waals surface area (Å²) < 4.78 is 0. The Kier molecular flexibility index (Phi) is 3.50. The van der Waals surface area contributed by atoms with Gasteiger partial charge in [0.2, 0.25) is 5.91 Å². The molecule has 4 heteroatoms. The van der Waals surface area contributed by atoms with Crippen molar-refractivity contribution < 1.29 is 9.90 Å². The third kappa shape index (κ3) is 2.09. The first-order chi connectivity index (χ1) is 7.68. The summed E-state index contributed by atoms with van der Waals surface area (Å²) in [6.45, 7) is 5.11. The smallest absolute Gasteiger partial charge is 0.229 e. The van der Waals surface area contributed by atoms with Crippen LogP contribution >= 0.6 is 0 Å². The zero-order valence-corrected chi connectivity index (χ0v) is 10.0. The van der Waals surface area contributed by atoms with Gasteiger partial charge in [0.15, 0.2) is 0 Å². The van der Waals surface area contributed by atoms with Crippen LogP contribution in [-0.4, -0.2) is 48.2 Å². The van der Waals surface area contributed by atoms with Gasteiger partial charge in [0.05, 0.1) is 11.5 Å². The van der Waals surface area contributed by atoms with Gasteiger partial charge in [-0.1, -0.05) is 13.3 Å². The number of nitrogens with zero attached hydrogens (tertiary/aromatic N) is 1. The molecule has 0 atom stereocenters. The summed E-state index contributed by atoms with van der Waals surface area (Å²) >= 11 is 0. The molecule has 2 aliphatic heterocycles. The second kappa shape index (κ2) is 4.72. The predicted molar refractivity (Wildman–Crippen MR) is 62.0 cm³/mol. The zero-order chi connectivity index (χ0) is 11.6. The first-order valence-electron chi connectivity index (χ1n) is 6.36. The van der Waals surface area contributed by atoms with E-state index in [2.05, 4.69) is 12.2 Å². The second-order valence-corrected chi connectivity index (χ2v) is 5.14. The standard InChI is InChI=1S/C12H22N2O2/c1-2-3-12(4-6-13-7-5-12)11(16)14-8-10(15)9-14/h10,13,15H,2-9H2,1H3. The highest BCUT2D eigenvalue weighted by molar-refractivity contribution is 5.83. The van der Waals surface area contributed by atoms with E-state index in [0.29, 0.717) is 13.1 Å². The van der Waals surface area contributed by atoms with Crippen LogP contribution in [0, 0.1) is 5.41 Å². The molecular formula is C12H22N2O2. The summed E-state index contributed by atoms with van der Waals surface area (Å²) in [5.41, 5.74) is -0.139. The van der Waals surface area contributed by atoms with Crippen molar-refractivity contribution >= 4 is 5.91 Å². The van der Waals surface area contributed by atoms with Crippen molar-refractivity contribution in [1.82, 2.24) is 10.2 Å². The average molecular weight is 226 g/mol. The highest BCUT2D eigenvalue weighted by Crippen LogP contribution is 2.37. The summed E-state index contributed by atoms with van der Waals surface area (Å²) in [4.78, 5) is 14.2. The van der Waals surface area contributed by atoms with Crippen LogP contribution in [0.25, 0.3) is 0 Å². The fourth-order valence-electron chi connectivity index (χ4n) is 2.91. The topological polar surface area (TPSA) is 52.6 Å². The Hall–Kier alpha value is -0.610. The van der Waals surface area contributed by atoms with Crippen LogP contribution in [0.2, 0.25) is 0 Å². The number of amides is 1. The average Bonchev–Trinajstić information content (AvgIpc) is 2.26. The molecule has 0 aromatic carbocycles. The molecule has 1 amide bonds. The Morgan fingerprint density at radius 2 is 2.06 bits per heavy atom. The minimum absolute atomic E-state index is 0.139. The van der Waals surface area contributed by atoms with Crippen molar-refractivity contribution in [2.24, 2.45) is 5.41 Å². The number of rotatable bonds is 3. The van der Waals surface area contributed by atoms with E-state index in [0.717, 1.165) is 38.8 Å². The number of piperidine rings is 1. The maximum absolute atomic E-state index is 12.4. The quantitative estimate of drug-likeness (QED) is 0.730. The van der Waals surface area contributed by atoms with Crippen molar-refractivity contribution in [1.29, 1.82) is 0 Å². The molecule has 2 rings (SSSR count). The van der Waals surface area contributed by atoms with Gasteiger partial charge < -0.3 is 15.3 Å². The molecule has 2 aliphatic rings. The number of hydrogen-bond acceptors (Lipinski definition) is 3. The Morgan fingerprint density at radius 3 is 2.56 bits per heavy atom. The van der Waals surface area contributed by atoms with E-state index in [9.17, 15) is 9.90 Å². The number of hydrogen-bond donors (Lipinski definition) is 2. The Bertz CT molecular complexity index is 250. The molecule has 0 saturated carbocycles. The van der Waals surface area contributed by atoms with Gasteiger partial charge in [-0.15, -0.1) is 0 Å². The van der Waals surface area contributed by atoms with Crippen LogP contribution in [-0.2, 0) is 4.79 Å². The summed E-state index contributed by atoms with van der Waals surface area (Å²) in [7, 11) is 0. The van der Waals surface area contributed by atoms with Crippen LogP contribution in [0.5, 0.6) is 0 Å². The number of carbonyl (C=O) groups excluding carboxylic acids is 1. The SMILES string of the molecule is CCCC1(C(=O)N2CC(O)C2)CCNCC1. The molecule has 0 aromatic rings. The van der Waals surface area contributed by atoms with Gasteiger partial charge >= 0.3 is 0 Å². The van der Waals surface area contributed by atoms with Gasteiger partial charge in [-0.3, -0.25) is 4.79 Å². The molecule has 2 saturated heterocycles. The van der Waals surface area contributed by atoms with Crippen LogP contribution < -0.4 is 5.32 Å². The fourth-order valence-corrected chi connectivity index (χ4v) is 2.91. The summed E-state index contributed by atoms with van der Waals surface area (Å²) in [6.07, 6.45) is 3.66. The van der Waals surface area contributed by atoms with Gasteiger partial charge in [-0.25, -0.2) is 0 Å². The molecule has 0 bridgehead atoms. The molecule has 2 N–H and O–H groups in total. The molecule has 0 aromatic heterocycles. The van der Waals surface area contributed by atoms with Crippen molar-refractivity contribution in [2.45, 2.75) is 38.7 Å². The highest BCUT2D eigenvalue weighted by atomic mass is 16.3.